The number of hydrogen-bond acceptors (Lipinski definition) is 4. The second-order valence-corrected chi connectivity index (χ2v) is 5.81. The number of rotatable bonds is 4. The predicted molar refractivity (Wildman–Crippen MR) is 81.6 cm³/mol. The molecule has 2 heterocycles. The van der Waals surface area contributed by atoms with Crippen LogP contribution < -0.4 is 10.1 Å². The maximum atomic E-state index is 5.56. The van der Waals surface area contributed by atoms with Gasteiger partial charge in [0, 0.05) is 24.1 Å². The SMILES string of the molecule is Cc1noc(C)c1C(C)NC(C)c1ccc2c(c1)CCO2. The zero-order chi connectivity index (χ0) is 15.0. The average Bonchev–Trinajstić information content (AvgIpc) is 3.04. The molecule has 0 fully saturated rings. The monoisotopic (exact) mass is 286 g/mol. The van der Waals surface area contributed by atoms with Gasteiger partial charge in [-0.1, -0.05) is 17.3 Å². The molecule has 21 heavy (non-hydrogen) atoms. The molecule has 1 aromatic heterocycles. The molecule has 4 heteroatoms. The van der Waals surface area contributed by atoms with Gasteiger partial charge in [-0.25, -0.2) is 0 Å². The second-order valence-electron chi connectivity index (χ2n) is 5.81. The van der Waals surface area contributed by atoms with Crippen molar-refractivity contribution in [2.75, 3.05) is 6.61 Å². The lowest BCUT2D eigenvalue weighted by molar-refractivity contribution is 0.356. The van der Waals surface area contributed by atoms with Crippen molar-refractivity contribution < 1.29 is 9.26 Å². The standard InChI is InChI=1S/C17H22N2O2/c1-10(14-5-6-16-15(9-14)7-8-20-16)18-11(2)17-12(3)19-21-13(17)4/h5-6,9-11,18H,7-8H2,1-4H3. The van der Waals surface area contributed by atoms with Crippen LogP contribution in [0.1, 0.15) is 54.1 Å². The third-order valence-corrected chi connectivity index (χ3v) is 4.24. The van der Waals surface area contributed by atoms with Gasteiger partial charge in [-0.2, -0.15) is 0 Å². The molecule has 1 N–H and O–H groups in total. The molecule has 1 aliphatic heterocycles. The number of fused-ring (bicyclic) bond motifs is 1. The lowest BCUT2D eigenvalue weighted by atomic mass is 10.0. The van der Waals surface area contributed by atoms with Crippen LogP contribution in [-0.2, 0) is 6.42 Å². The Kier molecular flexibility index (Phi) is 3.72. The van der Waals surface area contributed by atoms with E-state index in [1.165, 1.54) is 11.1 Å². The lowest BCUT2D eigenvalue weighted by Gasteiger charge is -2.21. The molecule has 0 saturated carbocycles. The number of benzene rings is 1. The topological polar surface area (TPSA) is 47.3 Å². The molecular weight excluding hydrogens is 264 g/mol. The summed E-state index contributed by atoms with van der Waals surface area (Å²) >= 11 is 0. The number of ether oxygens (including phenoxy) is 1. The third kappa shape index (κ3) is 2.68. The van der Waals surface area contributed by atoms with Gasteiger partial charge in [0.15, 0.2) is 0 Å². The Hall–Kier alpha value is -1.81. The Morgan fingerprint density at radius 1 is 1.19 bits per heavy atom. The van der Waals surface area contributed by atoms with Gasteiger partial charge < -0.3 is 14.6 Å². The van der Waals surface area contributed by atoms with E-state index in [9.17, 15) is 0 Å². The zero-order valence-electron chi connectivity index (χ0n) is 13.1. The largest absolute Gasteiger partial charge is 0.493 e. The number of nitrogens with zero attached hydrogens (tertiary/aromatic N) is 1. The van der Waals surface area contributed by atoms with Crippen LogP contribution in [0.25, 0.3) is 0 Å². The van der Waals surface area contributed by atoms with Crippen LogP contribution in [0, 0.1) is 13.8 Å². The van der Waals surface area contributed by atoms with E-state index >= 15 is 0 Å². The van der Waals surface area contributed by atoms with Gasteiger partial charge in [-0.05, 0) is 44.9 Å². The molecule has 2 unspecified atom stereocenters. The van der Waals surface area contributed by atoms with E-state index in [1.807, 2.05) is 13.8 Å². The van der Waals surface area contributed by atoms with Crippen molar-refractivity contribution >= 4 is 0 Å². The molecule has 1 aliphatic rings. The summed E-state index contributed by atoms with van der Waals surface area (Å²) < 4.78 is 10.8. The van der Waals surface area contributed by atoms with Gasteiger partial charge in [-0.3, -0.25) is 0 Å². The zero-order valence-corrected chi connectivity index (χ0v) is 13.1. The molecule has 1 aromatic carbocycles. The predicted octanol–water partition coefficient (Wildman–Crippen LogP) is 3.64. The fraction of sp³-hybridized carbons (Fsp3) is 0.471. The van der Waals surface area contributed by atoms with Crippen molar-refractivity contribution in [1.29, 1.82) is 0 Å². The first-order valence-electron chi connectivity index (χ1n) is 7.50. The van der Waals surface area contributed by atoms with Crippen molar-refractivity contribution in [1.82, 2.24) is 10.5 Å². The summed E-state index contributed by atoms with van der Waals surface area (Å²) in [5.74, 6) is 1.92. The Bertz CT molecular complexity index is 629. The minimum absolute atomic E-state index is 0.204. The molecule has 0 spiro atoms. The van der Waals surface area contributed by atoms with Crippen LogP contribution in [0.3, 0.4) is 0 Å². The summed E-state index contributed by atoms with van der Waals surface area (Å²) in [5, 5.41) is 7.66. The normalized spacial score (nSPS) is 16.4. The maximum absolute atomic E-state index is 5.56. The number of hydrogen-bond donors (Lipinski definition) is 1. The molecule has 112 valence electrons. The van der Waals surface area contributed by atoms with E-state index in [-0.39, 0.29) is 12.1 Å². The van der Waals surface area contributed by atoms with Crippen LogP contribution in [0.2, 0.25) is 0 Å². The molecule has 0 saturated heterocycles. The van der Waals surface area contributed by atoms with Gasteiger partial charge in [0.2, 0.25) is 0 Å². The second kappa shape index (κ2) is 5.53. The van der Waals surface area contributed by atoms with Gasteiger partial charge in [-0.15, -0.1) is 0 Å². The Morgan fingerprint density at radius 2 is 2.00 bits per heavy atom. The van der Waals surface area contributed by atoms with Gasteiger partial charge >= 0.3 is 0 Å². The van der Waals surface area contributed by atoms with E-state index in [2.05, 4.69) is 42.5 Å². The van der Waals surface area contributed by atoms with E-state index in [0.29, 0.717) is 0 Å². The first-order chi connectivity index (χ1) is 10.1. The van der Waals surface area contributed by atoms with Gasteiger partial charge in [0.1, 0.15) is 11.5 Å². The summed E-state index contributed by atoms with van der Waals surface area (Å²) in [5.41, 5.74) is 4.72. The number of nitrogens with one attached hydrogen (secondary N) is 1. The quantitative estimate of drug-likeness (QED) is 0.932. The first-order valence-corrected chi connectivity index (χ1v) is 7.50. The van der Waals surface area contributed by atoms with Crippen molar-refractivity contribution in [3.8, 4) is 5.75 Å². The number of aryl methyl sites for hydroxylation is 2. The highest BCUT2D eigenvalue weighted by Gasteiger charge is 2.20. The lowest BCUT2D eigenvalue weighted by Crippen LogP contribution is -2.23. The molecule has 3 rings (SSSR count). The molecular formula is C17H22N2O2. The van der Waals surface area contributed by atoms with Gasteiger partial charge in [0.05, 0.1) is 12.3 Å². The Labute approximate surface area is 125 Å². The summed E-state index contributed by atoms with van der Waals surface area (Å²) in [6.07, 6.45) is 1.01. The van der Waals surface area contributed by atoms with Crippen molar-refractivity contribution in [2.45, 2.75) is 46.2 Å². The minimum atomic E-state index is 0.204. The smallest absolute Gasteiger partial charge is 0.138 e. The summed E-state index contributed by atoms with van der Waals surface area (Å²) in [4.78, 5) is 0. The van der Waals surface area contributed by atoms with Crippen molar-refractivity contribution in [2.24, 2.45) is 0 Å². The average molecular weight is 286 g/mol. The molecule has 0 amide bonds. The Balaban J connectivity index is 1.75. The molecule has 4 nitrogen and oxygen atoms in total. The highest BCUT2D eigenvalue weighted by atomic mass is 16.5. The van der Waals surface area contributed by atoms with Crippen LogP contribution >= 0.6 is 0 Å². The van der Waals surface area contributed by atoms with E-state index < -0.39 is 0 Å². The minimum Gasteiger partial charge on any atom is -0.493 e. The number of aromatic nitrogens is 1. The molecule has 0 bridgehead atoms. The van der Waals surface area contributed by atoms with Crippen LogP contribution in [0.5, 0.6) is 5.75 Å². The fourth-order valence-corrected chi connectivity index (χ4v) is 3.14. The molecule has 0 radical (unpaired) electrons. The summed E-state index contributed by atoms with van der Waals surface area (Å²) in [7, 11) is 0. The van der Waals surface area contributed by atoms with Crippen molar-refractivity contribution in [3.63, 3.8) is 0 Å². The third-order valence-electron chi connectivity index (χ3n) is 4.24. The maximum Gasteiger partial charge on any atom is 0.138 e. The van der Waals surface area contributed by atoms with Crippen LogP contribution in [0.15, 0.2) is 22.7 Å². The first kappa shape index (κ1) is 14.1. The molecule has 2 aromatic rings. The van der Waals surface area contributed by atoms with Crippen LogP contribution in [0.4, 0.5) is 0 Å². The highest BCUT2D eigenvalue weighted by Crippen LogP contribution is 2.29. The van der Waals surface area contributed by atoms with Gasteiger partial charge in [0.25, 0.3) is 0 Å². The van der Waals surface area contributed by atoms with E-state index in [4.69, 9.17) is 9.26 Å². The molecule has 0 aliphatic carbocycles. The van der Waals surface area contributed by atoms with E-state index in [0.717, 1.165) is 35.8 Å². The van der Waals surface area contributed by atoms with Crippen molar-refractivity contribution in [3.05, 3.63) is 46.3 Å². The molecule has 2 atom stereocenters. The van der Waals surface area contributed by atoms with E-state index in [1.54, 1.807) is 0 Å². The Morgan fingerprint density at radius 3 is 2.71 bits per heavy atom. The highest BCUT2D eigenvalue weighted by molar-refractivity contribution is 5.40. The fourth-order valence-electron chi connectivity index (χ4n) is 3.14. The summed E-state index contributed by atoms with van der Waals surface area (Å²) in [6.45, 7) is 9.09. The summed E-state index contributed by atoms with van der Waals surface area (Å²) in [6, 6.07) is 6.94. The van der Waals surface area contributed by atoms with Crippen LogP contribution in [-0.4, -0.2) is 11.8 Å².